The highest BCUT2D eigenvalue weighted by Crippen LogP contribution is 2.37. The van der Waals surface area contributed by atoms with Crippen LogP contribution in [0.2, 0.25) is 5.02 Å². The van der Waals surface area contributed by atoms with Crippen molar-refractivity contribution in [1.29, 1.82) is 0 Å². The Morgan fingerprint density at radius 1 is 1.43 bits per heavy atom. The number of aliphatic hydroxyl groups is 1. The number of carbonyl (C=O) groups excluding carboxylic acids is 1. The average Bonchev–Trinajstić information content (AvgIpc) is 2.50. The number of allylic oxidation sites excluding steroid dienone is 1. The maximum absolute atomic E-state index is 12.2. The third-order valence-electron chi connectivity index (χ3n) is 3.09. The van der Waals surface area contributed by atoms with E-state index in [1.807, 2.05) is 6.92 Å². The summed E-state index contributed by atoms with van der Waals surface area (Å²) >= 11 is 6.03. The van der Waals surface area contributed by atoms with E-state index < -0.39 is 17.8 Å². The summed E-state index contributed by atoms with van der Waals surface area (Å²) < 4.78 is 5.04. The molecule has 0 spiro atoms. The zero-order chi connectivity index (χ0) is 17.4. The van der Waals surface area contributed by atoms with Crippen LogP contribution in [0.1, 0.15) is 35.7 Å². The fourth-order valence-electron chi connectivity index (χ4n) is 1.98. The Kier molecular flexibility index (Phi) is 7.65. The molecule has 5 nitrogen and oxygen atoms in total. The van der Waals surface area contributed by atoms with Crippen LogP contribution in [0.5, 0.6) is 11.5 Å². The Morgan fingerprint density at radius 3 is 2.74 bits per heavy atom. The normalized spacial score (nSPS) is 12.3. The highest BCUT2D eigenvalue weighted by molar-refractivity contribution is 6.33. The van der Waals surface area contributed by atoms with Gasteiger partial charge in [0.05, 0.1) is 17.7 Å². The molecule has 1 aromatic rings. The average molecular weight is 341 g/mol. The van der Waals surface area contributed by atoms with E-state index in [9.17, 15) is 20.1 Å². The maximum Gasteiger partial charge on any atom is 0.342 e. The molecule has 3 N–H and O–H groups in total. The summed E-state index contributed by atoms with van der Waals surface area (Å²) in [6.07, 6.45) is 5.18. The molecule has 0 fully saturated rings. The van der Waals surface area contributed by atoms with Gasteiger partial charge >= 0.3 is 5.97 Å². The molecule has 126 valence electrons. The fraction of sp³-hybridized carbons (Fsp3) is 0.353. The van der Waals surface area contributed by atoms with Crippen molar-refractivity contribution in [1.82, 2.24) is 0 Å². The number of benzene rings is 1. The molecule has 0 aliphatic rings. The Labute approximate surface area is 140 Å². The first kappa shape index (κ1) is 19.1. The Morgan fingerprint density at radius 2 is 2.13 bits per heavy atom. The topological polar surface area (TPSA) is 87.0 Å². The molecule has 6 heteroatoms. The van der Waals surface area contributed by atoms with Gasteiger partial charge in [-0.3, -0.25) is 0 Å². The van der Waals surface area contributed by atoms with Crippen molar-refractivity contribution in [3.63, 3.8) is 0 Å². The number of carbonyl (C=O) groups is 1. The van der Waals surface area contributed by atoms with Crippen LogP contribution in [-0.4, -0.2) is 34.0 Å². The number of aromatic hydroxyl groups is 2. The van der Waals surface area contributed by atoms with Crippen molar-refractivity contribution < 1.29 is 24.9 Å². The van der Waals surface area contributed by atoms with E-state index in [2.05, 4.69) is 6.58 Å². The molecule has 0 heterocycles. The predicted molar refractivity (Wildman–Crippen MR) is 89.0 cm³/mol. The number of halogens is 1. The van der Waals surface area contributed by atoms with Crippen molar-refractivity contribution in [2.45, 2.75) is 32.3 Å². The van der Waals surface area contributed by atoms with Gasteiger partial charge in [-0.2, -0.15) is 0 Å². The molecule has 0 aromatic heterocycles. The summed E-state index contributed by atoms with van der Waals surface area (Å²) in [4.78, 5) is 12.2. The van der Waals surface area contributed by atoms with Gasteiger partial charge in [0.15, 0.2) is 0 Å². The van der Waals surface area contributed by atoms with Crippen LogP contribution >= 0.6 is 11.6 Å². The lowest BCUT2D eigenvalue weighted by Gasteiger charge is -2.15. The number of hydrogen-bond donors (Lipinski definition) is 3. The van der Waals surface area contributed by atoms with E-state index in [1.165, 1.54) is 0 Å². The Bertz CT molecular complexity index is 595. The van der Waals surface area contributed by atoms with Crippen molar-refractivity contribution in [2.75, 3.05) is 6.61 Å². The van der Waals surface area contributed by atoms with E-state index in [4.69, 9.17) is 16.3 Å². The van der Waals surface area contributed by atoms with E-state index in [-0.39, 0.29) is 34.9 Å². The Hall–Kier alpha value is -1.98. The zero-order valence-corrected chi connectivity index (χ0v) is 13.7. The van der Waals surface area contributed by atoms with Gasteiger partial charge in [-0.1, -0.05) is 36.8 Å². The molecular formula is C17H21ClO5. The van der Waals surface area contributed by atoms with Crippen molar-refractivity contribution in [2.24, 2.45) is 0 Å². The molecule has 1 rings (SSSR count). The van der Waals surface area contributed by atoms with Crippen LogP contribution in [0.4, 0.5) is 0 Å². The SMILES string of the molecule is C=CCCOC(=O)c1c(O)cc(O)c(Cl)c1CC(O)/C=C/CC. The highest BCUT2D eigenvalue weighted by Gasteiger charge is 2.24. The molecule has 0 radical (unpaired) electrons. The molecule has 23 heavy (non-hydrogen) atoms. The summed E-state index contributed by atoms with van der Waals surface area (Å²) in [5, 5.41) is 29.6. The van der Waals surface area contributed by atoms with Gasteiger partial charge in [0.1, 0.15) is 17.1 Å². The highest BCUT2D eigenvalue weighted by atomic mass is 35.5. The number of phenolic OH excluding ortho intramolecular Hbond substituents is 2. The van der Waals surface area contributed by atoms with Crippen LogP contribution in [0.25, 0.3) is 0 Å². The first-order valence-electron chi connectivity index (χ1n) is 7.28. The minimum Gasteiger partial charge on any atom is -0.507 e. The third kappa shape index (κ3) is 5.30. The lowest BCUT2D eigenvalue weighted by molar-refractivity contribution is 0.0506. The molecule has 1 aromatic carbocycles. The molecule has 0 aliphatic heterocycles. The van der Waals surface area contributed by atoms with Gasteiger partial charge in [-0.15, -0.1) is 6.58 Å². The molecule has 1 atom stereocenters. The molecular weight excluding hydrogens is 320 g/mol. The molecule has 0 bridgehead atoms. The van der Waals surface area contributed by atoms with Gasteiger partial charge in [-0.25, -0.2) is 4.79 Å². The van der Waals surface area contributed by atoms with Crippen LogP contribution in [0, 0.1) is 0 Å². The summed E-state index contributed by atoms with van der Waals surface area (Å²) in [6.45, 7) is 5.55. The lowest BCUT2D eigenvalue weighted by atomic mass is 9.99. The lowest BCUT2D eigenvalue weighted by Crippen LogP contribution is -2.14. The second kappa shape index (κ2) is 9.22. The van der Waals surface area contributed by atoms with Gasteiger partial charge in [-0.05, 0) is 18.4 Å². The summed E-state index contributed by atoms with van der Waals surface area (Å²) in [6, 6.07) is 0.976. The number of aliphatic hydroxyl groups excluding tert-OH is 1. The maximum atomic E-state index is 12.2. The van der Waals surface area contributed by atoms with Crippen LogP contribution in [-0.2, 0) is 11.2 Å². The molecule has 0 saturated heterocycles. The zero-order valence-electron chi connectivity index (χ0n) is 13.0. The van der Waals surface area contributed by atoms with Crippen LogP contribution in [0.3, 0.4) is 0 Å². The van der Waals surface area contributed by atoms with Gasteiger partial charge in [0.25, 0.3) is 0 Å². The summed E-state index contributed by atoms with van der Waals surface area (Å²) in [5.74, 6) is -1.58. The Balaban J connectivity index is 3.17. The largest absolute Gasteiger partial charge is 0.507 e. The number of esters is 1. The molecule has 0 aliphatic carbocycles. The number of rotatable bonds is 8. The van der Waals surface area contributed by atoms with Crippen molar-refractivity contribution >= 4 is 17.6 Å². The van der Waals surface area contributed by atoms with Gasteiger partial charge in [0, 0.05) is 12.5 Å². The van der Waals surface area contributed by atoms with Crippen LogP contribution in [0.15, 0.2) is 30.9 Å². The second-order valence-corrected chi connectivity index (χ2v) is 5.28. The monoisotopic (exact) mass is 340 g/mol. The van der Waals surface area contributed by atoms with E-state index in [0.717, 1.165) is 12.5 Å². The standard InChI is InChI=1S/C17H21ClO5/c1-3-5-7-11(19)9-12-15(17(22)23-8-6-4-2)13(20)10-14(21)16(12)18/h4-5,7,10-11,19-21H,2-3,6,8-9H2,1H3/b7-5+. The summed E-state index contributed by atoms with van der Waals surface area (Å²) in [5.41, 5.74) is -0.0122. The van der Waals surface area contributed by atoms with E-state index in [0.29, 0.717) is 6.42 Å². The molecule has 0 saturated carbocycles. The number of hydrogen-bond acceptors (Lipinski definition) is 5. The minimum absolute atomic E-state index is 0.0385. The van der Waals surface area contributed by atoms with Gasteiger partial charge < -0.3 is 20.1 Å². The smallest absolute Gasteiger partial charge is 0.342 e. The van der Waals surface area contributed by atoms with E-state index >= 15 is 0 Å². The van der Waals surface area contributed by atoms with Crippen molar-refractivity contribution in [3.05, 3.63) is 47.0 Å². The third-order valence-corrected chi connectivity index (χ3v) is 3.51. The summed E-state index contributed by atoms with van der Waals surface area (Å²) in [7, 11) is 0. The quantitative estimate of drug-likeness (QED) is 0.384. The second-order valence-electron chi connectivity index (χ2n) is 4.90. The minimum atomic E-state index is -0.909. The number of phenols is 2. The molecule has 0 amide bonds. The van der Waals surface area contributed by atoms with E-state index in [1.54, 1.807) is 18.2 Å². The number of ether oxygens (including phenoxy) is 1. The first-order valence-corrected chi connectivity index (χ1v) is 7.66. The fourth-order valence-corrected chi connectivity index (χ4v) is 2.21. The first-order chi connectivity index (χ1) is 10.9. The predicted octanol–water partition coefficient (Wildman–Crippen LogP) is 3.35. The van der Waals surface area contributed by atoms with Crippen LogP contribution < -0.4 is 0 Å². The van der Waals surface area contributed by atoms with Gasteiger partial charge in [0.2, 0.25) is 0 Å². The molecule has 1 unspecified atom stereocenters. The van der Waals surface area contributed by atoms with Crippen molar-refractivity contribution in [3.8, 4) is 11.5 Å².